The summed E-state index contributed by atoms with van der Waals surface area (Å²) >= 11 is 0. The van der Waals surface area contributed by atoms with Crippen LogP contribution in [0.2, 0.25) is 0 Å². The van der Waals surface area contributed by atoms with Crippen molar-refractivity contribution in [3.05, 3.63) is 71.9 Å². The van der Waals surface area contributed by atoms with Crippen molar-refractivity contribution in [3.63, 3.8) is 0 Å². The number of rotatable bonds is 5. The van der Waals surface area contributed by atoms with Crippen LogP contribution in [0.5, 0.6) is 0 Å². The molecular weight excluding hydrogens is 492 g/mol. The highest BCUT2D eigenvalue weighted by Gasteiger charge is 2.39. The first-order chi connectivity index (χ1) is 18.9. The van der Waals surface area contributed by atoms with E-state index in [1.54, 1.807) is 24.4 Å². The van der Waals surface area contributed by atoms with Crippen LogP contribution in [0.25, 0.3) is 16.8 Å². The Morgan fingerprint density at radius 2 is 1.87 bits per heavy atom. The summed E-state index contributed by atoms with van der Waals surface area (Å²) < 4.78 is 1.99. The minimum absolute atomic E-state index is 0.0775. The number of carbonyl (C=O) groups is 2. The van der Waals surface area contributed by atoms with E-state index in [1.807, 2.05) is 33.7 Å². The molecule has 0 bridgehead atoms. The number of benzene rings is 1. The normalized spacial score (nSPS) is 19.0. The molecule has 2 atom stereocenters. The highest BCUT2D eigenvalue weighted by molar-refractivity contribution is 6.04. The quantitative estimate of drug-likeness (QED) is 0.405. The average Bonchev–Trinajstić information content (AvgIpc) is 3.73. The van der Waals surface area contributed by atoms with E-state index < -0.39 is 0 Å². The molecule has 1 saturated heterocycles. The van der Waals surface area contributed by atoms with E-state index in [0.717, 1.165) is 37.1 Å². The van der Waals surface area contributed by atoms with Crippen LogP contribution in [0.4, 0.5) is 11.6 Å². The van der Waals surface area contributed by atoms with Gasteiger partial charge in [-0.25, -0.2) is 15.0 Å². The van der Waals surface area contributed by atoms with Crippen LogP contribution >= 0.6 is 0 Å². The Labute approximate surface area is 225 Å². The predicted octanol–water partition coefficient (Wildman–Crippen LogP) is 4.00. The number of nitrogens with one attached hydrogen (secondary N) is 1. The van der Waals surface area contributed by atoms with Gasteiger partial charge in [-0.3, -0.25) is 14.0 Å². The van der Waals surface area contributed by atoms with Gasteiger partial charge < -0.3 is 16.0 Å². The second-order valence-electron chi connectivity index (χ2n) is 10.3. The predicted molar refractivity (Wildman–Crippen MR) is 146 cm³/mol. The van der Waals surface area contributed by atoms with Crippen molar-refractivity contribution in [2.24, 2.45) is 5.92 Å². The van der Waals surface area contributed by atoms with Crippen molar-refractivity contribution in [1.29, 1.82) is 5.26 Å². The zero-order valence-corrected chi connectivity index (χ0v) is 21.5. The Hall–Kier alpha value is -4.78. The van der Waals surface area contributed by atoms with Crippen molar-refractivity contribution in [3.8, 4) is 17.3 Å². The van der Waals surface area contributed by atoms with Crippen LogP contribution in [0.15, 0.2) is 55.0 Å². The number of nitriles is 1. The molecule has 1 aliphatic heterocycles. The molecule has 1 aliphatic carbocycles. The van der Waals surface area contributed by atoms with Gasteiger partial charge in [0.05, 0.1) is 11.6 Å². The van der Waals surface area contributed by atoms with Crippen LogP contribution in [0.1, 0.15) is 60.3 Å². The molecule has 0 radical (unpaired) electrons. The van der Waals surface area contributed by atoms with Crippen molar-refractivity contribution in [2.75, 3.05) is 17.6 Å². The van der Waals surface area contributed by atoms with Gasteiger partial charge in [-0.1, -0.05) is 12.1 Å². The first-order valence-corrected chi connectivity index (χ1v) is 13.1. The fourth-order valence-corrected chi connectivity index (χ4v) is 5.30. The van der Waals surface area contributed by atoms with Crippen LogP contribution in [0, 0.1) is 17.2 Å². The highest BCUT2D eigenvalue weighted by Crippen LogP contribution is 2.38. The number of nitrogens with zero attached hydrogens (tertiary/aromatic N) is 6. The molecule has 3 N–H and O–H groups in total. The summed E-state index contributed by atoms with van der Waals surface area (Å²) in [5.74, 6) is 1.72. The lowest BCUT2D eigenvalue weighted by atomic mass is 9.92. The molecular formula is C29H28N8O2. The maximum absolute atomic E-state index is 12.9. The van der Waals surface area contributed by atoms with Gasteiger partial charge in [0.25, 0.3) is 5.91 Å². The molecule has 2 amide bonds. The van der Waals surface area contributed by atoms with Gasteiger partial charge in [0.2, 0.25) is 5.91 Å². The van der Waals surface area contributed by atoms with Crippen molar-refractivity contribution in [2.45, 2.75) is 44.6 Å². The number of piperidine rings is 1. The molecule has 0 spiro atoms. The number of carbonyl (C=O) groups excluding carboxylic acids is 2. The zero-order chi connectivity index (χ0) is 27.1. The summed E-state index contributed by atoms with van der Waals surface area (Å²) in [6.45, 7) is 2.76. The third kappa shape index (κ3) is 4.68. The lowest BCUT2D eigenvalue weighted by Crippen LogP contribution is -2.45. The standard InChI is InChI=1S/C29H28N8O2/c1-17-2-3-22(16-37(17)29(39)21-8-9-21)27-35-24(25-26(31)33-12-13-36(25)27)19-4-6-20(7-5-19)28(38)34-23-14-18(15-30)10-11-32-23/h4-7,10-14,17,21-22H,2-3,8-9,16H2,1H3,(H2,31,33)(H,32,34,38)/t17-,22+/m0/s1. The molecule has 3 aromatic heterocycles. The first kappa shape index (κ1) is 24.6. The number of fused-ring (bicyclic) bond motifs is 1. The number of pyridine rings is 1. The molecule has 2 fully saturated rings. The Bertz CT molecular complexity index is 1620. The third-order valence-electron chi connectivity index (χ3n) is 7.62. The number of nitrogens with two attached hydrogens (primary N) is 1. The average molecular weight is 521 g/mol. The van der Waals surface area contributed by atoms with Crippen molar-refractivity contribution < 1.29 is 9.59 Å². The molecule has 6 rings (SSSR count). The smallest absolute Gasteiger partial charge is 0.256 e. The molecule has 0 unspecified atom stereocenters. The number of aromatic nitrogens is 4. The van der Waals surface area contributed by atoms with Gasteiger partial charge in [-0.2, -0.15) is 5.26 Å². The summed E-state index contributed by atoms with van der Waals surface area (Å²) in [6, 6.07) is 12.4. The molecule has 10 heteroatoms. The molecule has 1 aromatic carbocycles. The molecule has 4 heterocycles. The van der Waals surface area contributed by atoms with E-state index in [4.69, 9.17) is 16.0 Å². The first-order valence-electron chi connectivity index (χ1n) is 13.1. The van der Waals surface area contributed by atoms with Crippen molar-refractivity contribution >= 4 is 29.0 Å². The zero-order valence-electron chi connectivity index (χ0n) is 21.5. The number of likely N-dealkylation sites (tertiary alicyclic amines) is 1. The summed E-state index contributed by atoms with van der Waals surface area (Å²) in [4.78, 5) is 41.2. The molecule has 10 nitrogen and oxygen atoms in total. The van der Waals surface area contributed by atoms with Gasteiger partial charge in [-0.15, -0.1) is 0 Å². The van der Waals surface area contributed by atoms with Crippen LogP contribution < -0.4 is 11.1 Å². The molecule has 196 valence electrons. The van der Waals surface area contributed by atoms with E-state index in [1.165, 1.54) is 12.3 Å². The molecule has 39 heavy (non-hydrogen) atoms. The number of hydrogen-bond acceptors (Lipinski definition) is 7. The van der Waals surface area contributed by atoms with Gasteiger partial charge in [-0.05, 0) is 56.9 Å². The SMILES string of the molecule is C[C@H]1CC[C@@H](c2nc(-c3ccc(C(=O)Nc4cc(C#N)ccn4)cc3)c3c(N)nccn23)CN1C(=O)C1CC1. The van der Waals surface area contributed by atoms with Crippen LogP contribution in [0.3, 0.4) is 0 Å². The number of anilines is 2. The largest absolute Gasteiger partial charge is 0.382 e. The monoisotopic (exact) mass is 520 g/mol. The van der Waals surface area contributed by atoms with Gasteiger partial charge >= 0.3 is 0 Å². The Morgan fingerprint density at radius 3 is 2.62 bits per heavy atom. The molecule has 1 saturated carbocycles. The Kier molecular flexibility index (Phi) is 6.19. The third-order valence-corrected chi connectivity index (χ3v) is 7.62. The lowest BCUT2D eigenvalue weighted by Gasteiger charge is -2.37. The maximum atomic E-state index is 12.9. The fraction of sp³-hybridized carbons (Fsp3) is 0.310. The fourth-order valence-electron chi connectivity index (χ4n) is 5.30. The van der Waals surface area contributed by atoms with E-state index in [0.29, 0.717) is 40.5 Å². The van der Waals surface area contributed by atoms with Crippen molar-refractivity contribution in [1.82, 2.24) is 24.3 Å². The van der Waals surface area contributed by atoms with Gasteiger partial charge in [0.1, 0.15) is 28.7 Å². The maximum Gasteiger partial charge on any atom is 0.256 e. The summed E-state index contributed by atoms with van der Waals surface area (Å²) in [5, 5.41) is 11.8. The van der Waals surface area contributed by atoms with E-state index in [9.17, 15) is 9.59 Å². The van der Waals surface area contributed by atoms with Gasteiger partial charge in [0.15, 0.2) is 0 Å². The number of imidazole rings is 1. The number of hydrogen-bond donors (Lipinski definition) is 2. The van der Waals surface area contributed by atoms with E-state index >= 15 is 0 Å². The summed E-state index contributed by atoms with van der Waals surface area (Å²) in [6.07, 6.45) is 8.83. The lowest BCUT2D eigenvalue weighted by molar-refractivity contribution is -0.136. The summed E-state index contributed by atoms with van der Waals surface area (Å²) in [7, 11) is 0. The minimum atomic E-state index is -0.336. The molecule has 2 aliphatic rings. The van der Waals surface area contributed by atoms with E-state index in [-0.39, 0.29) is 29.7 Å². The molecule has 4 aromatic rings. The second-order valence-corrected chi connectivity index (χ2v) is 10.3. The van der Waals surface area contributed by atoms with Crippen LogP contribution in [-0.4, -0.2) is 48.7 Å². The minimum Gasteiger partial charge on any atom is -0.382 e. The Balaban J connectivity index is 1.29. The van der Waals surface area contributed by atoms with E-state index in [2.05, 4.69) is 22.2 Å². The summed E-state index contributed by atoms with van der Waals surface area (Å²) in [5.41, 5.74) is 9.39. The number of nitrogen functional groups attached to an aromatic ring is 1. The Morgan fingerprint density at radius 1 is 1.08 bits per heavy atom. The number of amides is 2. The highest BCUT2D eigenvalue weighted by atomic mass is 16.2. The van der Waals surface area contributed by atoms with Gasteiger partial charge in [0, 0.05) is 54.1 Å². The van der Waals surface area contributed by atoms with Crippen LogP contribution in [-0.2, 0) is 4.79 Å². The second kappa shape index (κ2) is 9.83. The topological polar surface area (TPSA) is 142 Å².